The van der Waals surface area contributed by atoms with Crippen LogP contribution in [0.4, 0.5) is 0 Å². The summed E-state index contributed by atoms with van der Waals surface area (Å²) >= 11 is 0. The summed E-state index contributed by atoms with van der Waals surface area (Å²) in [5.74, 6) is 3.45. The molecule has 0 spiro atoms. The second-order valence-electron chi connectivity index (χ2n) is 7.48. The molecule has 1 saturated heterocycles. The number of nitrogens with zero attached hydrogens (tertiary/aromatic N) is 4. The molecule has 6 nitrogen and oxygen atoms in total. The van der Waals surface area contributed by atoms with E-state index in [1.54, 1.807) is 7.11 Å². The summed E-state index contributed by atoms with van der Waals surface area (Å²) in [6.45, 7) is 5.75. The highest BCUT2D eigenvalue weighted by Gasteiger charge is 2.26. The summed E-state index contributed by atoms with van der Waals surface area (Å²) in [7, 11) is 3.57. The topological polar surface area (TPSA) is 54.7 Å². The summed E-state index contributed by atoms with van der Waals surface area (Å²) in [6, 6.07) is 16.7. The Hall–Kier alpha value is -3.02. The predicted octanol–water partition coefficient (Wildman–Crippen LogP) is 3.42. The average Bonchev–Trinajstić information content (AvgIpc) is 3.36. The first kappa shape index (κ1) is 19.3. The van der Waals surface area contributed by atoms with E-state index in [4.69, 9.17) is 4.74 Å². The summed E-state index contributed by atoms with van der Waals surface area (Å²) in [6.07, 6.45) is 1.14. The van der Waals surface area contributed by atoms with Crippen LogP contribution in [0.1, 0.15) is 23.7 Å². The SMILES string of the molecule is CN=C(NCCn1c(C)nc2ccccc21)N1CCC(c2ccc(OC)cc2)C1. The first-order chi connectivity index (χ1) is 14.2. The largest absolute Gasteiger partial charge is 0.497 e. The number of hydrogen-bond acceptors (Lipinski definition) is 3. The quantitative estimate of drug-likeness (QED) is 0.535. The van der Waals surface area contributed by atoms with Crippen LogP contribution in [0.3, 0.4) is 0 Å². The Kier molecular flexibility index (Phi) is 5.69. The number of likely N-dealkylation sites (tertiary alicyclic amines) is 1. The van der Waals surface area contributed by atoms with Crippen molar-refractivity contribution in [1.82, 2.24) is 19.8 Å². The van der Waals surface area contributed by atoms with E-state index in [0.717, 1.165) is 55.7 Å². The van der Waals surface area contributed by atoms with Gasteiger partial charge in [0.2, 0.25) is 0 Å². The minimum Gasteiger partial charge on any atom is -0.497 e. The Balaban J connectivity index is 1.35. The number of aromatic nitrogens is 2. The summed E-state index contributed by atoms with van der Waals surface area (Å²) < 4.78 is 7.54. The third kappa shape index (κ3) is 4.06. The summed E-state index contributed by atoms with van der Waals surface area (Å²) in [5.41, 5.74) is 3.60. The lowest BCUT2D eigenvalue weighted by atomic mass is 9.98. The first-order valence-corrected chi connectivity index (χ1v) is 10.2. The number of aryl methyl sites for hydroxylation is 1. The fourth-order valence-corrected chi connectivity index (χ4v) is 4.19. The summed E-state index contributed by atoms with van der Waals surface area (Å²) in [4.78, 5) is 11.5. The van der Waals surface area contributed by atoms with Gasteiger partial charge in [-0.05, 0) is 43.2 Å². The fourth-order valence-electron chi connectivity index (χ4n) is 4.19. The zero-order valence-corrected chi connectivity index (χ0v) is 17.4. The van der Waals surface area contributed by atoms with Gasteiger partial charge in [0.25, 0.3) is 0 Å². The van der Waals surface area contributed by atoms with Crippen LogP contribution in [0.5, 0.6) is 5.75 Å². The number of guanidine groups is 1. The molecule has 0 aliphatic carbocycles. The zero-order valence-electron chi connectivity index (χ0n) is 17.4. The van der Waals surface area contributed by atoms with Crippen LogP contribution >= 0.6 is 0 Å². The molecule has 1 aliphatic heterocycles. The molecule has 4 rings (SSSR count). The predicted molar refractivity (Wildman–Crippen MR) is 118 cm³/mol. The Bertz CT molecular complexity index is 992. The number of imidazole rings is 1. The highest BCUT2D eigenvalue weighted by molar-refractivity contribution is 5.80. The van der Waals surface area contributed by atoms with E-state index < -0.39 is 0 Å². The standard InChI is InChI=1S/C23H29N5O/c1-17-26-21-6-4-5-7-22(21)28(17)15-13-25-23(24-2)27-14-12-19(16-27)18-8-10-20(29-3)11-9-18/h4-11,19H,12-16H2,1-3H3,(H,24,25). The van der Waals surface area contributed by atoms with Crippen LogP contribution in [-0.2, 0) is 6.54 Å². The molecule has 0 amide bonds. The van der Waals surface area contributed by atoms with Crippen molar-refractivity contribution in [3.63, 3.8) is 0 Å². The van der Waals surface area contributed by atoms with Crippen LogP contribution in [0.2, 0.25) is 0 Å². The maximum absolute atomic E-state index is 5.27. The van der Waals surface area contributed by atoms with E-state index in [1.807, 2.05) is 25.2 Å². The molecular weight excluding hydrogens is 362 g/mol. The van der Waals surface area contributed by atoms with Crippen LogP contribution in [0, 0.1) is 6.92 Å². The Morgan fingerprint density at radius 2 is 2.00 bits per heavy atom. The molecule has 1 aliphatic rings. The van der Waals surface area contributed by atoms with Crippen molar-refractivity contribution >= 4 is 17.0 Å². The van der Waals surface area contributed by atoms with Gasteiger partial charge < -0.3 is 19.5 Å². The molecule has 1 atom stereocenters. The van der Waals surface area contributed by atoms with Gasteiger partial charge >= 0.3 is 0 Å². The van der Waals surface area contributed by atoms with Crippen LogP contribution in [0.15, 0.2) is 53.5 Å². The number of para-hydroxylation sites is 2. The molecule has 29 heavy (non-hydrogen) atoms. The summed E-state index contributed by atoms with van der Waals surface area (Å²) in [5, 5.41) is 3.54. The monoisotopic (exact) mass is 391 g/mol. The van der Waals surface area contributed by atoms with Crippen LogP contribution in [-0.4, -0.2) is 54.2 Å². The maximum Gasteiger partial charge on any atom is 0.193 e. The van der Waals surface area contributed by atoms with Crippen molar-refractivity contribution in [3.05, 3.63) is 59.9 Å². The van der Waals surface area contributed by atoms with Gasteiger partial charge in [-0.2, -0.15) is 0 Å². The number of hydrogen-bond donors (Lipinski definition) is 1. The fraction of sp³-hybridized carbons (Fsp3) is 0.391. The minimum atomic E-state index is 0.527. The third-order valence-corrected chi connectivity index (χ3v) is 5.75. The minimum absolute atomic E-state index is 0.527. The molecule has 0 radical (unpaired) electrons. The smallest absolute Gasteiger partial charge is 0.193 e. The van der Waals surface area contributed by atoms with Crippen molar-refractivity contribution in [2.45, 2.75) is 25.8 Å². The van der Waals surface area contributed by atoms with Crippen molar-refractivity contribution in [2.75, 3.05) is 33.8 Å². The van der Waals surface area contributed by atoms with E-state index in [2.05, 4.69) is 62.0 Å². The average molecular weight is 392 g/mol. The lowest BCUT2D eigenvalue weighted by molar-refractivity contribution is 0.414. The zero-order chi connectivity index (χ0) is 20.2. The van der Waals surface area contributed by atoms with E-state index in [-0.39, 0.29) is 0 Å². The molecule has 3 aromatic rings. The first-order valence-electron chi connectivity index (χ1n) is 10.2. The highest BCUT2D eigenvalue weighted by atomic mass is 16.5. The normalized spacial score (nSPS) is 17.1. The molecule has 152 valence electrons. The lowest BCUT2D eigenvalue weighted by Crippen LogP contribution is -2.41. The molecule has 0 bridgehead atoms. The second kappa shape index (κ2) is 8.55. The number of nitrogens with one attached hydrogen (secondary N) is 1. The van der Waals surface area contributed by atoms with Crippen molar-refractivity contribution < 1.29 is 4.74 Å². The highest BCUT2D eigenvalue weighted by Crippen LogP contribution is 2.28. The number of aliphatic imine (C=N–C) groups is 1. The van der Waals surface area contributed by atoms with Gasteiger partial charge in [0.1, 0.15) is 11.6 Å². The van der Waals surface area contributed by atoms with Crippen molar-refractivity contribution in [2.24, 2.45) is 4.99 Å². The Morgan fingerprint density at radius 3 is 2.76 bits per heavy atom. The van der Waals surface area contributed by atoms with Gasteiger partial charge in [-0.3, -0.25) is 4.99 Å². The Morgan fingerprint density at radius 1 is 1.21 bits per heavy atom. The number of fused-ring (bicyclic) bond motifs is 1. The van der Waals surface area contributed by atoms with Gasteiger partial charge in [0, 0.05) is 39.1 Å². The second-order valence-corrected chi connectivity index (χ2v) is 7.48. The van der Waals surface area contributed by atoms with Gasteiger partial charge in [-0.15, -0.1) is 0 Å². The van der Waals surface area contributed by atoms with Crippen molar-refractivity contribution in [1.29, 1.82) is 0 Å². The number of ether oxygens (including phenoxy) is 1. The molecule has 2 heterocycles. The molecule has 1 aromatic heterocycles. The molecule has 1 N–H and O–H groups in total. The van der Waals surface area contributed by atoms with Crippen molar-refractivity contribution in [3.8, 4) is 5.75 Å². The lowest BCUT2D eigenvalue weighted by Gasteiger charge is -2.22. The molecule has 1 unspecified atom stereocenters. The van der Waals surface area contributed by atoms with E-state index >= 15 is 0 Å². The van der Waals surface area contributed by atoms with Crippen LogP contribution < -0.4 is 10.1 Å². The van der Waals surface area contributed by atoms with Gasteiger partial charge in [0.15, 0.2) is 5.96 Å². The van der Waals surface area contributed by atoms with E-state index in [1.165, 1.54) is 11.1 Å². The number of rotatable bonds is 5. The molecule has 2 aromatic carbocycles. The number of benzene rings is 2. The van der Waals surface area contributed by atoms with Crippen LogP contribution in [0.25, 0.3) is 11.0 Å². The van der Waals surface area contributed by atoms with Gasteiger partial charge in [-0.1, -0.05) is 24.3 Å². The molecule has 0 saturated carbocycles. The number of methoxy groups -OCH3 is 1. The molecular formula is C23H29N5O. The van der Waals surface area contributed by atoms with E-state index in [9.17, 15) is 0 Å². The molecule has 6 heteroatoms. The van der Waals surface area contributed by atoms with Gasteiger partial charge in [0.05, 0.1) is 18.1 Å². The maximum atomic E-state index is 5.27. The Labute approximate surface area is 172 Å². The third-order valence-electron chi connectivity index (χ3n) is 5.75. The van der Waals surface area contributed by atoms with E-state index in [0.29, 0.717) is 5.92 Å². The molecule has 1 fully saturated rings. The van der Waals surface area contributed by atoms with Gasteiger partial charge in [-0.25, -0.2) is 4.98 Å².